The van der Waals surface area contributed by atoms with E-state index in [9.17, 15) is 32.5 Å². The number of benzene rings is 1. The molecule has 0 saturated carbocycles. The van der Waals surface area contributed by atoms with Gasteiger partial charge in [-0.2, -0.15) is 13.2 Å². The monoisotopic (exact) mass is 303 g/mol. The number of rotatable bonds is 3. The van der Waals surface area contributed by atoms with E-state index in [2.05, 4.69) is 0 Å². The van der Waals surface area contributed by atoms with E-state index in [-0.39, 0.29) is 29.9 Å². The first-order valence-electron chi connectivity index (χ1n) is 5.34. The Kier molecular flexibility index (Phi) is 3.50. The Balaban J connectivity index is 2.72. The molecule has 5 nitrogen and oxygen atoms in total. The number of furan rings is 1. The van der Waals surface area contributed by atoms with E-state index < -0.39 is 33.7 Å². The van der Waals surface area contributed by atoms with Crippen molar-refractivity contribution >= 4 is 12.0 Å². The summed E-state index contributed by atoms with van der Waals surface area (Å²) in [7, 11) is 0. The highest BCUT2D eigenvalue weighted by atomic mass is 19.4. The highest BCUT2D eigenvalue weighted by Gasteiger charge is 2.37. The second-order valence-corrected chi connectivity index (χ2v) is 3.92. The zero-order chi connectivity index (χ0) is 15.8. The number of hydrogen-bond donors (Lipinski definition) is 0. The number of carbonyl (C=O) groups excluding carboxylic acids is 1. The Morgan fingerprint density at radius 2 is 1.90 bits per heavy atom. The van der Waals surface area contributed by atoms with E-state index in [1.54, 1.807) is 0 Å². The Morgan fingerprint density at radius 1 is 1.24 bits per heavy atom. The fourth-order valence-electron chi connectivity index (χ4n) is 1.69. The molecule has 0 bridgehead atoms. The van der Waals surface area contributed by atoms with Gasteiger partial charge in [-0.3, -0.25) is 14.9 Å². The zero-order valence-corrected chi connectivity index (χ0v) is 9.98. The number of nitro groups is 1. The van der Waals surface area contributed by atoms with Crippen molar-refractivity contribution in [2.24, 2.45) is 0 Å². The Labute approximate surface area is 113 Å². The van der Waals surface area contributed by atoms with Crippen LogP contribution in [0.2, 0.25) is 0 Å². The maximum absolute atomic E-state index is 13.4. The molecule has 9 heteroatoms. The minimum absolute atomic E-state index is 0.168. The lowest BCUT2D eigenvalue weighted by atomic mass is 10.1. The average Bonchev–Trinajstić information content (AvgIpc) is 2.85. The van der Waals surface area contributed by atoms with Crippen LogP contribution in [0.3, 0.4) is 0 Å². The van der Waals surface area contributed by atoms with Crippen molar-refractivity contribution in [3.63, 3.8) is 0 Å². The summed E-state index contributed by atoms with van der Waals surface area (Å²) in [6, 6.07) is 2.66. The fraction of sp³-hybridized carbons (Fsp3) is 0.0833. The number of carbonyl (C=O) groups is 1. The normalized spacial score (nSPS) is 11.4. The number of aldehydes is 1. The van der Waals surface area contributed by atoms with Crippen LogP contribution in [0.15, 0.2) is 28.7 Å². The standard InChI is InChI=1S/C12H5F4NO4/c13-9-4-10(17(19)20)7(3-8(9)12(14,15)16)11-2-1-6(5-18)21-11/h1-5H. The van der Waals surface area contributed by atoms with Crippen molar-refractivity contribution < 1.29 is 31.7 Å². The van der Waals surface area contributed by atoms with Crippen molar-refractivity contribution in [1.29, 1.82) is 0 Å². The fourth-order valence-corrected chi connectivity index (χ4v) is 1.69. The highest BCUT2D eigenvalue weighted by Crippen LogP contribution is 2.39. The summed E-state index contributed by atoms with van der Waals surface area (Å²) in [5, 5.41) is 10.8. The molecule has 0 saturated heterocycles. The summed E-state index contributed by atoms with van der Waals surface area (Å²) in [6.45, 7) is 0. The first-order chi connectivity index (χ1) is 9.74. The molecule has 0 aliphatic carbocycles. The lowest BCUT2D eigenvalue weighted by molar-refractivity contribution is -0.384. The van der Waals surface area contributed by atoms with Crippen LogP contribution in [0.4, 0.5) is 23.2 Å². The van der Waals surface area contributed by atoms with E-state index >= 15 is 0 Å². The van der Waals surface area contributed by atoms with Crippen LogP contribution < -0.4 is 0 Å². The molecule has 0 radical (unpaired) electrons. The first-order valence-corrected chi connectivity index (χ1v) is 5.34. The minimum atomic E-state index is -5.02. The van der Waals surface area contributed by atoms with Crippen LogP contribution in [0.5, 0.6) is 0 Å². The molecular formula is C12H5F4NO4. The van der Waals surface area contributed by atoms with Gasteiger partial charge in [0.2, 0.25) is 0 Å². The minimum Gasteiger partial charge on any atom is -0.453 e. The molecule has 2 rings (SSSR count). The highest BCUT2D eigenvalue weighted by molar-refractivity contribution is 5.76. The first kappa shape index (κ1) is 14.7. The van der Waals surface area contributed by atoms with E-state index in [0.717, 1.165) is 12.1 Å². The summed E-state index contributed by atoms with van der Waals surface area (Å²) in [5.41, 5.74) is -3.12. The average molecular weight is 303 g/mol. The lowest BCUT2D eigenvalue weighted by Crippen LogP contribution is -2.09. The van der Waals surface area contributed by atoms with Gasteiger partial charge in [-0.05, 0) is 18.2 Å². The molecule has 1 heterocycles. The van der Waals surface area contributed by atoms with Crippen LogP contribution >= 0.6 is 0 Å². The Bertz CT molecular complexity index is 721. The van der Waals surface area contributed by atoms with E-state index in [1.807, 2.05) is 0 Å². The van der Waals surface area contributed by atoms with Gasteiger partial charge in [0.15, 0.2) is 12.0 Å². The third-order valence-corrected chi connectivity index (χ3v) is 2.60. The van der Waals surface area contributed by atoms with Crippen molar-refractivity contribution in [3.05, 3.63) is 51.5 Å². The van der Waals surface area contributed by atoms with Gasteiger partial charge in [0.05, 0.1) is 22.1 Å². The molecule has 0 fully saturated rings. The third-order valence-electron chi connectivity index (χ3n) is 2.60. The smallest absolute Gasteiger partial charge is 0.419 e. The molecule has 0 unspecified atom stereocenters. The molecule has 1 aromatic heterocycles. The van der Waals surface area contributed by atoms with E-state index in [4.69, 9.17) is 4.42 Å². The van der Waals surface area contributed by atoms with Crippen LogP contribution in [-0.2, 0) is 6.18 Å². The van der Waals surface area contributed by atoms with Crippen molar-refractivity contribution in [2.45, 2.75) is 6.18 Å². The molecule has 0 N–H and O–H groups in total. The summed E-state index contributed by atoms with van der Waals surface area (Å²) in [6.07, 6.45) is -4.74. The SMILES string of the molecule is O=Cc1ccc(-c2cc(C(F)(F)F)c(F)cc2[N+](=O)[O-])o1. The number of hydrogen-bond acceptors (Lipinski definition) is 4. The maximum Gasteiger partial charge on any atom is 0.419 e. The third kappa shape index (κ3) is 2.76. The Hall–Kier alpha value is -2.71. The largest absolute Gasteiger partial charge is 0.453 e. The van der Waals surface area contributed by atoms with Crippen LogP contribution in [0.25, 0.3) is 11.3 Å². The summed E-state index contributed by atoms with van der Waals surface area (Å²) >= 11 is 0. The molecule has 0 aliphatic rings. The number of halogens is 4. The second-order valence-electron chi connectivity index (χ2n) is 3.92. The summed E-state index contributed by atoms with van der Waals surface area (Å²) < 4.78 is 56.2. The molecule has 0 aliphatic heterocycles. The van der Waals surface area contributed by atoms with Gasteiger partial charge in [0.1, 0.15) is 11.6 Å². The van der Waals surface area contributed by atoms with E-state index in [0.29, 0.717) is 0 Å². The number of nitrogens with zero attached hydrogens (tertiary/aromatic N) is 1. The lowest BCUT2D eigenvalue weighted by Gasteiger charge is -2.09. The zero-order valence-electron chi connectivity index (χ0n) is 9.98. The van der Waals surface area contributed by atoms with Gasteiger partial charge in [-0.25, -0.2) is 4.39 Å². The molecule has 2 aromatic rings. The molecule has 0 amide bonds. The number of nitro benzene ring substituents is 1. The molecular weight excluding hydrogens is 298 g/mol. The van der Waals surface area contributed by atoms with Gasteiger partial charge in [0.25, 0.3) is 5.69 Å². The van der Waals surface area contributed by atoms with Gasteiger partial charge in [-0.15, -0.1) is 0 Å². The van der Waals surface area contributed by atoms with Crippen molar-refractivity contribution in [1.82, 2.24) is 0 Å². The molecule has 0 atom stereocenters. The quantitative estimate of drug-likeness (QED) is 0.374. The van der Waals surface area contributed by atoms with E-state index in [1.165, 1.54) is 0 Å². The van der Waals surface area contributed by atoms with Crippen molar-refractivity contribution in [2.75, 3.05) is 0 Å². The molecule has 110 valence electrons. The van der Waals surface area contributed by atoms with Gasteiger partial charge >= 0.3 is 6.18 Å². The number of alkyl halides is 3. The van der Waals surface area contributed by atoms with Gasteiger partial charge in [0, 0.05) is 0 Å². The molecule has 21 heavy (non-hydrogen) atoms. The van der Waals surface area contributed by atoms with Crippen molar-refractivity contribution in [3.8, 4) is 11.3 Å². The van der Waals surface area contributed by atoms with Crippen LogP contribution in [0.1, 0.15) is 16.1 Å². The summed E-state index contributed by atoms with van der Waals surface area (Å²) in [5.74, 6) is -2.33. The Morgan fingerprint density at radius 3 is 2.38 bits per heavy atom. The molecule has 1 aromatic carbocycles. The maximum atomic E-state index is 13.4. The molecule has 0 spiro atoms. The predicted molar refractivity (Wildman–Crippen MR) is 61.1 cm³/mol. The topological polar surface area (TPSA) is 73.3 Å². The van der Waals surface area contributed by atoms with Crippen LogP contribution in [-0.4, -0.2) is 11.2 Å². The second kappa shape index (κ2) is 5.00. The predicted octanol–water partition coefficient (Wildman–Crippen LogP) is 3.83. The van der Waals surface area contributed by atoms with Crippen LogP contribution in [0, 0.1) is 15.9 Å². The summed E-state index contributed by atoms with van der Waals surface area (Å²) in [4.78, 5) is 20.3. The van der Waals surface area contributed by atoms with Gasteiger partial charge in [-0.1, -0.05) is 0 Å². The van der Waals surface area contributed by atoms with Gasteiger partial charge < -0.3 is 4.42 Å².